The lowest BCUT2D eigenvalue weighted by Gasteiger charge is -2.70. The highest BCUT2D eigenvalue weighted by atomic mass is 35.5. The molecule has 2 heterocycles. The molecule has 2 bridgehead atoms. The van der Waals surface area contributed by atoms with E-state index in [0.29, 0.717) is 41.5 Å². The molecule has 12 heteroatoms. The molecule has 1 aliphatic heterocycles. The maximum Gasteiger partial charge on any atom is 0.522 e. The fraction of sp³-hybridized carbons (Fsp3) is 0.583. The van der Waals surface area contributed by atoms with Gasteiger partial charge in [-0.05, 0) is 56.2 Å². The van der Waals surface area contributed by atoms with Gasteiger partial charge in [-0.15, -0.1) is 13.2 Å². The summed E-state index contributed by atoms with van der Waals surface area (Å²) in [6.07, 6.45) is -0.596. The van der Waals surface area contributed by atoms with Gasteiger partial charge in [0.2, 0.25) is 0 Å². The van der Waals surface area contributed by atoms with Crippen molar-refractivity contribution in [3.8, 4) is 11.5 Å². The maximum atomic E-state index is 12.9. The van der Waals surface area contributed by atoms with Crippen LogP contribution in [0.5, 0.6) is 11.5 Å². The van der Waals surface area contributed by atoms with Crippen LogP contribution in [0.25, 0.3) is 0 Å². The monoisotopic (exact) mass is 527 g/mol. The average molecular weight is 528 g/mol. The van der Waals surface area contributed by atoms with Crippen molar-refractivity contribution >= 4 is 17.5 Å². The highest BCUT2D eigenvalue weighted by Crippen LogP contribution is 2.65. The molecule has 2 atom stereocenters. The quantitative estimate of drug-likeness (QED) is 0.568. The molecule has 8 nitrogen and oxygen atoms in total. The van der Waals surface area contributed by atoms with Gasteiger partial charge in [0.25, 0.3) is 5.91 Å². The van der Waals surface area contributed by atoms with Crippen molar-refractivity contribution in [2.24, 2.45) is 5.92 Å². The molecular formula is C24H25ClF3N3O5. The lowest BCUT2D eigenvalue weighted by molar-refractivity contribution is -0.354. The average Bonchev–Trinajstić information content (AvgIpc) is 3.19. The molecular weight excluding hydrogens is 503 g/mol. The second-order valence-electron chi connectivity index (χ2n) is 10.5. The first-order valence-corrected chi connectivity index (χ1v) is 12.3. The summed E-state index contributed by atoms with van der Waals surface area (Å²) in [6.45, 7) is 0.318. The molecule has 4 fully saturated rings. The minimum atomic E-state index is -4.60. The van der Waals surface area contributed by atoms with E-state index in [9.17, 15) is 23.1 Å². The number of aliphatic hydroxyl groups is 1. The van der Waals surface area contributed by atoms with Gasteiger partial charge in [0.15, 0.2) is 11.9 Å². The van der Waals surface area contributed by atoms with Crippen LogP contribution in [-0.4, -0.2) is 51.5 Å². The number of amides is 1. The molecule has 0 unspecified atom stereocenters. The van der Waals surface area contributed by atoms with E-state index in [1.165, 1.54) is 0 Å². The summed E-state index contributed by atoms with van der Waals surface area (Å²) in [5, 5.41) is 18.5. The van der Waals surface area contributed by atoms with E-state index in [-0.39, 0.29) is 29.3 Å². The van der Waals surface area contributed by atoms with Gasteiger partial charge < -0.3 is 19.9 Å². The molecule has 5 aliphatic rings. The molecule has 2 aromatic rings. The topological polar surface area (TPSA) is 94.8 Å². The Labute approximate surface area is 209 Å². The summed E-state index contributed by atoms with van der Waals surface area (Å²) in [4.78, 5) is 12.9. The van der Waals surface area contributed by atoms with Gasteiger partial charge >= 0.3 is 6.36 Å². The zero-order valence-corrected chi connectivity index (χ0v) is 19.9. The Balaban J connectivity index is 0.973. The number of benzene rings is 1. The first kappa shape index (κ1) is 23.9. The van der Waals surface area contributed by atoms with Crippen LogP contribution in [0.3, 0.4) is 0 Å². The van der Waals surface area contributed by atoms with Crippen LogP contribution in [-0.2, 0) is 15.1 Å². The predicted octanol–water partition coefficient (Wildman–Crippen LogP) is 3.86. The fourth-order valence-electron chi connectivity index (χ4n) is 5.98. The number of aromatic nitrogens is 2. The number of hydrogen-bond acceptors (Lipinski definition) is 6. The van der Waals surface area contributed by atoms with Crippen molar-refractivity contribution in [3.05, 3.63) is 41.2 Å². The minimum absolute atomic E-state index is 0.0265. The van der Waals surface area contributed by atoms with E-state index in [1.807, 2.05) is 4.68 Å². The van der Waals surface area contributed by atoms with Crippen LogP contribution in [0.1, 0.15) is 50.2 Å². The maximum absolute atomic E-state index is 12.9. The Morgan fingerprint density at radius 3 is 2.75 bits per heavy atom. The largest absolute Gasteiger partial charge is 0.522 e. The molecule has 0 radical (unpaired) electrons. The van der Waals surface area contributed by atoms with Crippen molar-refractivity contribution in [1.29, 1.82) is 0 Å². The van der Waals surface area contributed by atoms with Crippen LogP contribution in [0, 0.1) is 5.92 Å². The normalized spacial score (nSPS) is 34.4. The number of nitrogens with one attached hydrogen (secondary N) is 1. The van der Waals surface area contributed by atoms with Crippen molar-refractivity contribution < 1.29 is 37.3 Å². The van der Waals surface area contributed by atoms with E-state index >= 15 is 0 Å². The summed E-state index contributed by atoms with van der Waals surface area (Å²) < 4.78 is 54.1. The van der Waals surface area contributed by atoms with E-state index in [1.54, 1.807) is 30.6 Å². The third-order valence-electron chi connectivity index (χ3n) is 7.74. The van der Waals surface area contributed by atoms with Gasteiger partial charge in [-0.2, -0.15) is 5.10 Å². The number of fused-ring (bicyclic) bond motifs is 1. The lowest BCUT2D eigenvalue weighted by Crippen LogP contribution is -2.79. The summed E-state index contributed by atoms with van der Waals surface area (Å²) in [7, 11) is 0. The summed E-state index contributed by atoms with van der Waals surface area (Å²) in [5.41, 5.74) is 0.102. The fourth-order valence-corrected chi connectivity index (χ4v) is 6.16. The van der Waals surface area contributed by atoms with Crippen LogP contribution >= 0.6 is 11.6 Å². The minimum Gasteiger partial charge on any atom is -0.490 e. The molecule has 1 amide bonds. The predicted molar refractivity (Wildman–Crippen MR) is 120 cm³/mol. The molecule has 0 saturated heterocycles. The van der Waals surface area contributed by atoms with Gasteiger partial charge in [-0.25, -0.2) is 0 Å². The van der Waals surface area contributed by atoms with Crippen molar-refractivity contribution in [2.45, 2.75) is 74.3 Å². The first-order chi connectivity index (χ1) is 17.0. The Morgan fingerprint density at radius 2 is 2.03 bits per heavy atom. The lowest BCUT2D eigenvalue weighted by atomic mass is 9.44. The summed E-state index contributed by atoms with van der Waals surface area (Å²) >= 11 is 5.99. The SMILES string of the molecule is O=C(NC12CC(n3cc(OC[C@H]4C[C@@H](OC(F)(F)F)C4)cn3)(C1)C2)[C@H]1C[C@@H](O)c2cc(Cl)ccc2O1. The van der Waals surface area contributed by atoms with Crippen LogP contribution in [0.15, 0.2) is 30.6 Å². The molecule has 2 N–H and O–H groups in total. The molecule has 194 valence electrons. The van der Waals surface area contributed by atoms with E-state index in [2.05, 4.69) is 15.2 Å². The highest BCUT2D eigenvalue weighted by molar-refractivity contribution is 6.30. The number of rotatable bonds is 7. The molecule has 4 aliphatic carbocycles. The molecule has 7 rings (SSSR count). The number of carbonyl (C=O) groups excluding carboxylic acids is 1. The molecule has 1 aromatic heterocycles. The molecule has 36 heavy (non-hydrogen) atoms. The van der Waals surface area contributed by atoms with Crippen molar-refractivity contribution in [3.63, 3.8) is 0 Å². The van der Waals surface area contributed by atoms with Gasteiger partial charge in [-0.3, -0.25) is 14.2 Å². The van der Waals surface area contributed by atoms with Gasteiger partial charge in [-0.1, -0.05) is 11.6 Å². The third-order valence-corrected chi connectivity index (χ3v) is 7.98. The van der Waals surface area contributed by atoms with Crippen LogP contribution < -0.4 is 14.8 Å². The van der Waals surface area contributed by atoms with Crippen molar-refractivity contribution in [1.82, 2.24) is 15.1 Å². The molecule has 1 aromatic carbocycles. The van der Waals surface area contributed by atoms with Gasteiger partial charge in [0.05, 0.1) is 36.7 Å². The van der Waals surface area contributed by atoms with E-state index in [4.69, 9.17) is 21.1 Å². The van der Waals surface area contributed by atoms with Crippen molar-refractivity contribution in [2.75, 3.05) is 6.61 Å². The van der Waals surface area contributed by atoms with E-state index in [0.717, 1.165) is 19.3 Å². The zero-order chi connectivity index (χ0) is 25.3. The number of aliphatic hydroxyl groups excluding tert-OH is 1. The summed E-state index contributed by atoms with van der Waals surface area (Å²) in [5.74, 6) is 0.808. The Morgan fingerprint density at radius 1 is 1.28 bits per heavy atom. The number of hydrogen-bond donors (Lipinski definition) is 2. The zero-order valence-electron chi connectivity index (χ0n) is 19.1. The number of carbonyl (C=O) groups is 1. The second-order valence-corrected chi connectivity index (χ2v) is 11.0. The van der Waals surface area contributed by atoms with Gasteiger partial charge in [0, 0.05) is 22.5 Å². The number of halogens is 4. The highest BCUT2D eigenvalue weighted by Gasteiger charge is 2.70. The van der Waals surface area contributed by atoms with Crippen LogP contribution in [0.4, 0.5) is 13.2 Å². The standard InChI is InChI=1S/C24H25ClF3N3O5/c25-14-1-2-19-17(5-14)18(32)6-20(35-19)21(33)30-22-10-23(11-22,12-22)31-8-16(7-29-31)34-9-13-3-15(4-13)36-24(26,27)28/h1-2,5,7-8,13,15,18,20,32H,3-4,6,9-12H2,(H,30,33)/t13-,15+,18-,20-,22?,23?/m1/s1. The van der Waals surface area contributed by atoms with Gasteiger partial charge in [0.1, 0.15) is 5.75 Å². The third kappa shape index (κ3) is 4.31. The summed E-state index contributed by atoms with van der Waals surface area (Å²) in [6, 6.07) is 4.97. The first-order valence-electron chi connectivity index (χ1n) is 11.9. The Hall–Kier alpha value is -2.50. The second kappa shape index (κ2) is 8.26. The van der Waals surface area contributed by atoms with E-state index < -0.39 is 24.7 Å². The molecule has 0 spiro atoms. The van der Waals surface area contributed by atoms with Crippen LogP contribution in [0.2, 0.25) is 5.02 Å². The molecule has 4 saturated carbocycles. The number of ether oxygens (including phenoxy) is 3. The number of nitrogens with zero attached hydrogens (tertiary/aromatic N) is 2. The Kier molecular flexibility index (Phi) is 5.47. The Bertz CT molecular complexity index is 1160. The smallest absolute Gasteiger partial charge is 0.490 e. The number of alkyl halides is 3.